The van der Waals surface area contributed by atoms with Crippen molar-refractivity contribution in [1.29, 1.82) is 0 Å². The van der Waals surface area contributed by atoms with Crippen LogP contribution in [0.2, 0.25) is 0 Å². The van der Waals surface area contributed by atoms with Crippen LogP contribution in [-0.2, 0) is 0 Å². The molecule has 1 aromatic rings. The number of benzene rings is 1. The molecule has 1 aliphatic rings. The van der Waals surface area contributed by atoms with Crippen molar-refractivity contribution < 1.29 is 4.74 Å². The van der Waals surface area contributed by atoms with E-state index in [-0.39, 0.29) is 6.10 Å². The van der Waals surface area contributed by atoms with E-state index >= 15 is 0 Å². The van der Waals surface area contributed by atoms with Gasteiger partial charge in [0.15, 0.2) is 0 Å². The Kier molecular flexibility index (Phi) is 4.48. The van der Waals surface area contributed by atoms with E-state index in [1.54, 1.807) is 0 Å². The fourth-order valence-corrected chi connectivity index (χ4v) is 2.28. The number of nitrogens with zero attached hydrogens (tertiary/aromatic N) is 1. The Hall–Kier alpha value is -1.22. The van der Waals surface area contributed by atoms with Gasteiger partial charge >= 0.3 is 0 Å². The molecule has 2 rings (SSSR count). The third-order valence-electron chi connectivity index (χ3n) is 3.56. The van der Waals surface area contributed by atoms with E-state index in [4.69, 9.17) is 4.74 Å². The Labute approximate surface area is 110 Å². The number of ether oxygens (including phenoxy) is 1. The number of nitrogens with one attached hydrogen (secondary N) is 1. The monoisotopic (exact) mass is 248 g/mol. The summed E-state index contributed by atoms with van der Waals surface area (Å²) in [6.07, 6.45) is 1.31. The molecule has 2 atom stereocenters. The summed E-state index contributed by atoms with van der Waals surface area (Å²) in [6.45, 7) is 9.69. The van der Waals surface area contributed by atoms with Gasteiger partial charge in [0.1, 0.15) is 5.75 Å². The maximum absolute atomic E-state index is 5.89. The molecule has 0 bridgehead atoms. The molecular formula is C15H24N2O. The molecule has 0 spiro atoms. The van der Waals surface area contributed by atoms with E-state index < -0.39 is 0 Å². The molecule has 0 radical (unpaired) electrons. The molecule has 2 unspecified atom stereocenters. The van der Waals surface area contributed by atoms with E-state index in [0.29, 0.717) is 6.04 Å². The van der Waals surface area contributed by atoms with Gasteiger partial charge in [-0.05, 0) is 32.4 Å². The van der Waals surface area contributed by atoms with Gasteiger partial charge in [0.05, 0.1) is 6.10 Å². The average Bonchev–Trinajstić information content (AvgIpc) is 2.39. The fourth-order valence-electron chi connectivity index (χ4n) is 2.28. The zero-order valence-electron chi connectivity index (χ0n) is 11.6. The molecule has 1 heterocycles. The van der Waals surface area contributed by atoms with Crippen LogP contribution in [-0.4, -0.2) is 31.8 Å². The molecule has 1 aliphatic heterocycles. The molecule has 3 heteroatoms. The van der Waals surface area contributed by atoms with Crippen molar-refractivity contribution in [2.75, 3.05) is 24.5 Å². The van der Waals surface area contributed by atoms with E-state index in [0.717, 1.165) is 31.8 Å². The predicted octanol–water partition coefficient (Wildman–Crippen LogP) is 2.66. The Morgan fingerprint density at radius 3 is 3.06 bits per heavy atom. The highest BCUT2D eigenvalue weighted by Crippen LogP contribution is 2.24. The third kappa shape index (κ3) is 3.16. The van der Waals surface area contributed by atoms with E-state index in [1.807, 2.05) is 6.07 Å². The zero-order valence-corrected chi connectivity index (χ0v) is 11.6. The first kappa shape index (κ1) is 13.2. The zero-order chi connectivity index (χ0) is 13.0. The van der Waals surface area contributed by atoms with Gasteiger partial charge in [0.25, 0.3) is 0 Å². The second-order valence-corrected chi connectivity index (χ2v) is 5.08. The van der Waals surface area contributed by atoms with Crippen molar-refractivity contribution in [3.63, 3.8) is 0 Å². The summed E-state index contributed by atoms with van der Waals surface area (Å²) in [5.74, 6) is 0.979. The number of hydrogen-bond donors (Lipinski definition) is 1. The molecule has 0 aromatic heterocycles. The van der Waals surface area contributed by atoms with Crippen LogP contribution in [0.5, 0.6) is 5.75 Å². The van der Waals surface area contributed by atoms with Gasteiger partial charge in [-0.1, -0.05) is 13.0 Å². The maximum atomic E-state index is 5.89. The van der Waals surface area contributed by atoms with Crippen LogP contribution in [0.1, 0.15) is 27.2 Å². The van der Waals surface area contributed by atoms with Crippen LogP contribution >= 0.6 is 0 Å². The molecule has 1 saturated heterocycles. The highest BCUT2D eigenvalue weighted by molar-refractivity contribution is 5.52. The number of rotatable bonds is 4. The van der Waals surface area contributed by atoms with Crippen molar-refractivity contribution in [2.24, 2.45) is 0 Å². The maximum Gasteiger partial charge on any atom is 0.121 e. The van der Waals surface area contributed by atoms with Gasteiger partial charge in [-0.25, -0.2) is 0 Å². The molecule has 1 aromatic carbocycles. The molecule has 18 heavy (non-hydrogen) atoms. The lowest BCUT2D eigenvalue weighted by Crippen LogP contribution is -2.49. The molecule has 100 valence electrons. The van der Waals surface area contributed by atoms with Crippen molar-refractivity contribution in [3.8, 4) is 5.75 Å². The van der Waals surface area contributed by atoms with Gasteiger partial charge < -0.3 is 15.0 Å². The van der Waals surface area contributed by atoms with E-state index in [9.17, 15) is 0 Å². The van der Waals surface area contributed by atoms with Crippen LogP contribution in [0.3, 0.4) is 0 Å². The SMILES string of the molecule is CCC(C)Oc1cccc(N2CCNCC2C)c1. The summed E-state index contributed by atoms with van der Waals surface area (Å²) in [6, 6.07) is 9.00. The van der Waals surface area contributed by atoms with Crippen LogP contribution < -0.4 is 15.0 Å². The lowest BCUT2D eigenvalue weighted by molar-refractivity contribution is 0.217. The Balaban J connectivity index is 2.10. The summed E-state index contributed by atoms with van der Waals surface area (Å²) in [5, 5.41) is 3.42. The third-order valence-corrected chi connectivity index (χ3v) is 3.56. The summed E-state index contributed by atoms with van der Waals surface area (Å²) in [7, 11) is 0. The normalized spacial score (nSPS) is 21.7. The first-order chi connectivity index (χ1) is 8.70. The molecule has 0 saturated carbocycles. The van der Waals surface area contributed by atoms with Crippen LogP contribution in [0.25, 0.3) is 0 Å². The lowest BCUT2D eigenvalue weighted by atomic mass is 10.1. The van der Waals surface area contributed by atoms with Gasteiger partial charge in [-0.15, -0.1) is 0 Å². The highest BCUT2D eigenvalue weighted by Gasteiger charge is 2.18. The Bertz CT molecular complexity index is 381. The Morgan fingerprint density at radius 1 is 1.50 bits per heavy atom. The fraction of sp³-hybridized carbons (Fsp3) is 0.600. The quantitative estimate of drug-likeness (QED) is 0.886. The highest BCUT2D eigenvalue weighted by atomic mass is 16.5. The molecule has 0 aliphatic carbocycles. The van der Waals surface area contributed by atoms with Crippen molar-refractivity contribution in [1.82, 2.24) is 5.32 Å². The van der Waals surface area contributed by atoms with Gasteiger partial charge in [-0.3, -0.25) is 0 Å². The number of hydrogen-bond acceptors (Lipinski definition) is 3. The Morgan fingerprint density at radius 2 is 2.33 bits per heavy atom. The molecule has 0 amide bonds. The first-order valence-corrected chi connectivity index (χ1v) is 6.94. The minimum Gasteiger partial charge on any atom is -0.491 e. The number of piperazine rings is 1. The van der Waals surface area contributed by atoms with E-state index in [1.165, 1.54) is 5.69 Å². The van der Waals surface area contributed by atoms with Crippen molar-refractivity contribution in [2.45, 2.75) is 39.3 Å². The smallest absolute Gasteiger partial charge is 0.121 e. The average molecular weight is 248 g/mol. The van der Waals surface area contributed by atoms with Crippen LogP contribution in [0, 0.1) is 0 Å². The summed E-state index contributed by atoms with van der Waals surface area (Å²) in [5.41, 5.74) is 1.27. The molecule has 1 fully saturated rings. The standard InChI is InChI=1S/C15H24N2O/c1-4-13(3)18-15-7-5-6-14(10-15)17-9-8-16-11-12(17)2/h5-7,10,12-13,16H,4,8-9,11H2,1-3H3. The van der Waals surface area contributed by atoms with Gasteiger partial charge in [0, 0.05) is 37.4 Å². The lowest BCUT2D eigenvalue weighted by Gasteiger charge is -2.36. The largest absolute Gasteiger partial charge is 0.491 e. The van der Waals surface area contributed by atoms with Crippen LogP contribution in [0.4, 0.5) is 5.69 Å². The topological polar surface area (TPSA) is 24.5 Å². The summed E-state index contributed by atoms with van der Waals surface area (Å²) < 4.78 is 5.89. The second-order valence-electron chi connectivity index (χ2n) is 5.08. The summed E-state index contributed by atoms with van der Waals surface area (Å²) in [4.78, 5) is 2.44. The molecule has 3 nitrogen and oxygen atoms in total. The molecular weight excluding hydrogens is 224 g/mol. The minimum absolute atomic E-state index is 0.278. The molecule has 1 N–H and O–H groups in total. The minimum atomic E-state index is 0.278. The van der Waals surface area contributed by atoms with E-state index in [2.05, 4.69) is 49.2 Å². The van der Waals surface area contributed by atoms with Gasteiger partial charge in [-0.2, -0.15) is 0 Å². The van der Waals surface area contributed by atoms with Gasteiger partial charge in [0.2, 0.25) is 0 Å². The van der Waals surface area contributed by atoms with Crippen molar-refractivity contribution >= 4 is 5.69 Å². The summed E-state index contributed by atoms with van der Waals surface area (Å²) >= 11 is 0. The number of anilines is 1. The van der Waals surface area contributed by atoms with Crippen LogP contribution in [0.15, 0.2) is 24.3 Å². The predicted molar refractivity (Wildman–Crippen MR) is 76.5 cm³/mol. The second kappa shape index (κ2) is 6.10. The first-order valence-electron chi connectivity index (χ1n) is 6.94. The van der Waals surface area contributed by atoms with Crippen molar-refractivity contribution in [3.05, 3.63) is 24.3 Å².